The fraction of sp³-hybridized carbons (Fsp3) is 0.286. The van der Waals surface area contributed by atoms with E-state index in [1.54, 1.807) is 24.7 Å². The molecule has 2 heterocycles. The lowest BCUT2D eigenvalue weighted by Gasteiger charge is -2.16. The first-order valence-electron chi connectivity index (χ1n) is 6.44. The molecule has 0 aromatic carbocycles. The van der Waals surface area contributed by atoms with Gasteiger partial charge in [-0.25, -0.2) is 19.7 Å². The summed E-state index contributed by atoms with van der Waals surface area (Å²) in [6, 6.07) is 3.19. The predicted molar refractivity (Wildman–Crippen MR) is 74.0 cm³/mol. The van der Waals surface area contributed by atoms with Crippen molar-refractivity contribution in [3.8, 4) is 0 Å². The number of aryl methyl sites for hydroxylation is 1. The minimum atomic E-state index is -0.969. The van der Waals surface area contributed by atoms with Gasteiger partial charge >= 0.3 is 5.97 Å². The van der Waals surface area contributed by atoms with Crippen molar-refractivity contribution in [1.82, 2.24) is 15.0 Å². The normalized spacial score (nSPS) is 13.8. The summed E-state index contributed by atoms with van der Waals surface area (Å²) in [6.45, 7) is 0. The summed E-state index contributed by atoms with van der Waals surface area (Å²) in [4.78, 5) is 24.0. The van der Waals surface area contributed by atoms with Crippen LogP contribution >= 0.6 is 11.8 Å². The van der Waals surface area contributed by atoms with Gasteiger partial charge in [-0.05, 0) is 49.6 Å². The molecule has 1 N–H and O–H groups in total. The lowest BCUT2D eigenvalue weighted by Crippen LogP contribution is -2.08. The van der Waals surface area contributed by atoms with E-state index in [-0.39, 0.29) is 5.56 Å². The maximum atomic E-state index is 11.2. The van der Waals surface area contributed by atoms with Gasteiger partial charge in [0.25, 0.3) is 0 Å². The van der Waals surface area contributed by atoms with Gasteiger partial charge in [-0.1, -0.05) is 0 Å². The highest BCUT2D eigenvalue weighted by atomic mass is 32.2. The number of fused-ring (bicyclic) bond motifs is 1. The van der Waals surface area contributed by atoms with Crippen molar-refractivity contribution in [3.63, 3.8) is 0 Å². The van der Waals surface area contributed by atoms with E-state index in [0.29, 0.717) is 5.03 Å². The van der Waals surface area contributed by atoms with E-state index >= 15 is 0 Å². The van der Waals surface area contributed by atoms with Crippen LogP contribution in [-0.4, -0.2) is 26.0 Å². The summed E-state index contributed by atoms with van der Waals surface area (Å²) in [5, 5.41) is 10.5. The minimum absolute atomic E-state index is 0.209. The highest BCUT2D eigenvalue weighted by molar-refractivity contribution is 7.99. The fourth-order valence-corrected chi connectivity index (χ4v) is 3.31. The van der Waals surface area contributed by atoms with Crippen LogP contribution in [0.1, 0.15) is 34.5 Å². The molecular formula is C14H13N3O2S. The molecule has 0 saturated heterocycles. The monoisotopic (exact) mass is 287 g/mol. The van der Waals surface area contributed by atoms with E-state index in [4.69, 9.17) is 0 Å². The van der Waals surface area contributed by atoms with Crippen LogP contribution in [0, 0.1) is 0 Å². The molecule has 0 bridgehead atoms. The first-order chi connectivity index (χ1) is 9.75. The molecule has 6 heteroatoms. The van der Waals surface area contributed by atoms with Gasteiger partial charge in [-0.2, -0.15) is 0 Å². The van der Waals surface area contributed by atoms with Crippen molar-refractivity contribution in [3.05, 3.63) is 41.5 Å². The number of hydrogen-bond donors (Lipinski definition) is 1. The highest BCUT2D eigenvalue weighted by Crippen LogP contribution is 2.33. The molecule has 0 unspecified atom stereocenters. The number of pyridine rings is 1. The molecule has 0 aliphatic heterocycles. The number of aromatic nitrogens is 3. The second-order valence-electron chi connectivity index (χ2n) is 4.57. The molecule has 5 nitrogen and oxygen atoms in total. The van der Waals surface area contributed by atoms with E-state index in [1.807, 2.05) is 0 Å². The molecule has 2 aromatic rings. The number of carboxylic acid groups (broad SMARTS) is 1. The zero-order valence-electron chi connectivity index (χ0n) is 10.7. The van der Waals surface area contributed by atoms with Gasteiger partial charge < -0.3 is 5.11 Å². The van der Waals surface area contributed by atoms with Crippen LogP contribution in [0.15, 0.2) is 34.7 Å². The largest absolute Gasteiger partial charge is 0.478 e. The Balaban J connectivity index is 1.98. The number of rotatable bonds is 3. The molecule has 0 saturated carbocycles. The van der Waals surface area contributed by atoms with Crippen LogP contribution < -0.4 is 0 Å². The van der Waals surface area contributed by atoms with E-state index < -0.39 is 5.97 Å². The van der Waals surface area contributed by atoms with Gasteiger partial charge in [0.1, 0.15) is 16.4 Å². The minimum Gasteiger partial charge on any atom is -0.478 e. The molecule has 0 amide bonds. The fourth-order valence-electron chi connectivity index (χ4n) is 2.31. The predicted octanol–water partition coefficient (Wildman–Crippen LogP) is 2.60. The maximum absolute atomic E-state index is 11.2. The summed E-state index contributed by atoms with van der Waals surface area (Å²) in [5.74, 6) is -0.969. The maximum Gasteiger partial charge on any atom is 0.338 e. The van der Waals surface area contributed by atoms with Crippen LogP contribution in [-0.2, 0) is 12.8 Å². The van der Waals surface area contributed by atoms with Gasteiger partial charge in [0.05, 0.1) is 5.56 Å². The molecule has 3 rings (SSSR count). The average Bonchev–Trinajstić information content (AvgIpc) is 2.48. The molecule has 0 radical (unpaired) electrons. The summed E-state index contributed by atoms with van der Waals surface area (Å²) in [6.07, 6.45) is 7.35. The Bertz CT molecular complexity index is 661. The molecule has 20 heavy (non-hydrogen) atoms. The standard InChI is InChI=1S/C14H13N3O2S/c18-14(19)10-5-3-7-15-13(10)20-12-9-4-1-2-6-11(9)16-8-17-12/h3,5,7-8H,1-2,4,6H2,(H,18,19). The van der Waals surface area contributed by atoms with Crippen LogP contribution in [0.2, 0.25) is 0 Å². The topological polar surface area (TPSA) is 76.0 Å². The van der Waals surface area contributed by atoms with Crippen molar-refractivity contribution >= 4 is 17.7 Å². The number of aromatic carboxylic acids is 1. The summed E-state index contributed by atoms with van der Waals surface area (Å²) in [5.41, 5.74) is 2.44. The van der Waals surface area contributed by atoms with Crippen LogP contribution in [0.25, 0.3) is 0 Å². The van der Waals surface area contributed by atoms with Crippen molar-refractivity contribution < 1.29 is 9.90 Å². The van der Waals surface area contributed by atoms with E-state index in [2.05, 4.69) is 15.0 Å². The molecule has 0 spiro atoms. The molecule has 1 aliphatic carbocycles. The van der Waals surface area contributed by atoms with Crippen LogP contribution in [0.3, 0.4) is 0 Å². The molecule has 102 valence electrons. The van der Waals surface area contributed by atoms with Crippen LogP contribution in [0.5, 0.6) is 0 Å². The molecule has 2 aromatic heterocycles. The van der Waals surface area contributed by atoms with Crippen molar-refractivity contribution in [1.29, 1.82) is 0 Å². The zero-order chi connectivity index (χ0) is 13.9. The lowest BCUT2D eigenvalue weighted by atomic mass is 9.98. The Morgan fingerprint density at radius 2 is 2.00 bits per heavy atom. The lowest BCUT2D eigenvalue weighted by molar-refractivity contribution is 0.0692. The Kier molecular flexibility index (Phi) is 3.64. The Morgan fingerprint density at radius 3 is 2.85 bits per heavy atom. The second kappa shape index (κ2) is 5.58. The quantitative estimate of drug-likeness (QED) is 0.874. The van der Waals surface area contributed by atoms with Crippen LogP contribution in [0.4, 0.5) is 0 Å². The Hall–Kier alpha value is -1.95. The first kappa shape index (κ1) is 13.1. The van der Waals surface area contributed by atoms with Gasteiger partial charge in [-0.3, -0.25) is 0 Å². The van der Waals surface area contributed by atoms with Crippen molar-refractivity contribution in [2.75, 3.05) is 0 Å². The van der Waals surface area contributed by atoms with E-state index in [0.717, 1.165) is 42.0 Å². The molecule has 1 aliphatic rings. The zero-order valence-corrected chi connectivity index (χ0v) is 11.6. The summed E-state index contributed by atoms with van der Waals surface area (Å²) < 4.78 is 0. The Labute approximate surface area is 120 Å². The second-order valence-corrected chi connectivity index (χ2v) is 5.55. The van der Waals surface area contributed by atoms with Crippen molar-refractivity contribution in [2.45, 2.75) is 35.7 Å². The van der Waals surface area contributed by atoms with E-state index in [1.165, 1.54) is 11.8 Å². The molecule has 0 atom stereocenters. The number of hydrogen-bond acceptors (Lipinski definition) is 5. The van der Waals surface area contributed by atoms with Crippen molar-refractivity contribution in [2.24, 2.45) is 0 Å². The summed E-state index contributed by atoms with van der Waals surface area (Å²) in [7, 11) is 0. The molecule has 0 fully saturated rings. The molecular weight excluding hydrogens is 274 g/mol. The number of carbonyl (C=O) groups is 1. The summed E-state index contributed by atoms with van der Waals surface area (Å²) >= 11 is 1.31. The highest BCUT2D eigenvalue weighted by Gasteiger charge is 2.19. The third-order valence-electron chi connectivity index (χ3n) is 3.28. The van der Waals surface area contributed by atoms with Gasteiger partial charge in [0.15, 0.2) is 0 Å². The van der Waals surface area contributed by atoms with Gasteiger partial charge in [0, 0.05) is 17.5 Å². The third kappa shape index (κ3) is 2.51. The number of nitrogens with zero attached hydrogens (tertiary/aromatic N) is 3. The smallest absolute Gasteiger partial charge is 0.338 e. The third-order valence-corrected chi connectivity index (χ3v) is 4.34. The SMILES string of the molecule is O=C(O)c1cccnc1Sc1ncnc2c1CCCC2. The van der Waals surface area contributed by atoms with Gasteiger partial charge in [0.2, 0.25) is 0 Å². The number of carboxylic acids is 1. The van der Waals surface area contributed by atoms with E-state index in [9.17, 15) is 9.90 Å². The van der Waals surface area contributed by atoms with Gasteiger partial charge in [-0.15, -0.1) is 0 Å². The first-order valence-corrected chi connectivity index (χ1v) is 7.26. The Morgan fingerprint density at radius 1 is 1.15 bits per heavy atom. The average molecular weight is 287 g/mol.